The maximum Gasteiger partial charge on any atom is 0.260 e. The normalized spacial score (nSPS) is 10.9. The Morgan fingerprint density at radius 1 is 0.824 bits per heavy atom. The van der Waals surface area contributed by atoms with Gasteiger partial charge in [-0.25, -0.2) is 4.98 Å². The number of hydrogen-bond donors (Lipinski definition) is 0. The number of pyridine rings is 1. The van der Waals surface area contributed by atoms with E-state index in [1.165, 1.54) is 11.3 Å². The topological polar surface area (TPSA) is 63.2 Å². The van der Waals surface area contributed by atoms with Crippen molar-refractivity contribution in [3.8, 4) is 0 Å². The number of benzene rings is 3. The molecule has 0 saturated heterocycles. The zero-order chi connectivity index (χ0) is 23.5. The van der Waals surface area contributed by atoms with Gasteiger partial charge in [-0.15, -0.1) is 0 Å². The van der Waals surface area contributed by atoms with E-state index in [4.69, 9.17) is 4.98 Å². The van der Waals surface area contributed by atoms with E-state index < -0.39 is 0 Å². The number of aromatic nitrogens is 2. The summed E-state index contributed by atoms with van der Waals surface area (Å²) in [6.07, 6.45) is 3.46. The third kappa shape index (κ3) is 4.36. The first-order valence-corrected chi connectivity index (χ1v) is 11.7. The standard InChI is InChI=1S/C28H21N3O2S/c1-19-7-5-11-24-25(19)30-28(34-24)31(18-20-8-6-16-29-17-20)27(33)23-14-12-22(13-15-23)26(32)21-9-3-2-4-10-21/h2-17H,18H2,1H3. The molecule has 2 aromatic heterocycles. The summed E-state index contributed by atoms with van der Waals surface area (Å²) in [7, 11) is 0. The molecule has 0 aliphatic heterocycles. The summed E-state index contributed by atoms with van der Waals surface area (Å²) in [6, 6.07) is 25.7. The van der Waals surface area contributed by atoms with E-state index in [0.29, 0.717) is 28.4 Å². The number of fused-ring (bicyclic) bond motifs is 1. The van der Waals surface area contributed by atoms with Gasteiger partial charge in [-0.2, -0.15) is 0 Å². The minimum Gasteiger partial charge on any atom is -0.289 e. The number of rotatable bonds is 6. The van der Waals surface area contributed by atoms with Gasteiger partial charge in [0.2, 0.25) is 0 Å². The minimum atomic E-state index is -0.181. The quantitative estimate of drug-likeness (QED) is 0.286. The Hall–Kier alpha value is -4.16. The summed E-state index contributed by atoms with van der Waals surface area (Å²) >= 11 is 1.49. The molecule has 5 nitrogen and oxygen atoms in total. The van der Waals surface area contributed by atoms with Crippen molar-refractivity contribution in [3.63, 3.8) is 0 Å². The molecule has 0 saturated carbocycles. The SMILES string of the molecule is Cc1cccc2sc(N(Cc3cccnc3)C(=O)c3ccc(C(=O)c4ccccc4)cc3)nc12. The van der Waals surface area contributed by atoms with Crippen LogP contribution in [-0.4, -0.2) is 21.7 Å². The lowest BCUT2D eigenvalue weighted by Crippen LogP contribution is -2.30. The van der Waals surface area contributed by atoms with Crippen LogP contribution in [0.4, 0.5) is 5.13 Å². The Balaban J connectivity index is 1.48. The molecule has 3 aromatic carbocycles. The van der Waals surface area contributed by atoms with Gasteiger partial charge in [-0.05, 0) is 42.3 Å². The summed E-state index contributed by atoms with van der Waals surface area (Å²) < 4.78 is 1.03. The molecule has 0 fully saturated rings. The summed E-state index contributed by atoms with van der Waals surface area (Å²) in [4.78, 5) is 37.0. The molecule has 0 N–H and O–H groups in total. The average Bonchev–Trinajstić information content (AvgIpc) is 3.33. The van der Waals surface area contributed by atoms with Crippen molar-refractivity contribution in [2.45, 2.75) is 13.5 Å². The van der Waals surface area contributed by atoms with Crippen molar-refractivity contribution in [1.29, 1.82) is 0 Å². The summed E-state index contributed by atoms with van der Waals surface area (Å²) in [5, 5.41) is 0.627. The first kappa shape index (κ1) is 21.7. The largest absolute Gasteiger partial charge is 0.289 e. The van der Waals surface area contributed by atoms with Gasteiger partial charge in [0.1, 0.15) is 0 Å². The van der Waals surface area contributed by atoms with Gasteiger partial charge >= 0.3 is 0 Å². The van der Waals surface area contributed by atoms with Crippen molar-refractivity contribution in [2.75, 3.05) is 4.90 Å². The van der Waals surface area contributed by atoms with Gasteiger partial charge in [0.15, 0.2) is 10.9 Å². The Morgan fingerprint density at radius 2 is 1.56 bits per heavy atom. The Kier molecular flexibility index (Phi) is 5.97. The van der Waals surface area contributed by atoms with Crippen LogP contribution in [0.3, 0.4) is 0 Å². The molecule has 5 rings (SSSR count). The lowest BCUT2D eigenvalue weighted by Gasteiger charge is -2.20. The molecular weight excluding hydrogens is 442 g/mol. The molecular formula is C28H21N3O2S. The third-order valence-electron chi connectivity index (χ3n) is 5.58. The second-order valence-electron chi connectivity index (χ2n) is 7.94. The van der Waals surface area contributed by atoms with Crippen LogP contribution in [0.1, 0.15) is 37.4 Å². The Morgan fingerprint density at radius 3 is 2.26 bits per heavy atom. The number of para-hydroxylation sites is 1. The van der Waals surface area contributed by atoms with Crippen LogP contribution in [0.15, 0.2) is 97.3 Å². The number of hydrogen-bond acceptors (Lipinski definition) is 5. The lowest BCUT2D eigenvalue weighted by atomic mass is 10.0. The number of nitrogens with zero attached hydrogens (tertiary/aromatic N) is 3. The van der Waals surface area contributed by atoms with Gasteiger partial charge < -0.3 is 0 Å². The third-order valence-corrected chi connectivity index (χ3v) is 6.62. The van der Waals surface area contributed by atoms with Crippen LogP contribution < -0.4 is 4.90 Å². The van der Waals surface area contributed by atoms with Crippen molar-refractivity contribution in [2.24, 2.45) is 0 Å². The van der Waals surface area contributed by atoms with Crippen LogP contribution in [0.5, 0.6) is 0 Å². The van der Waals surface area contributed by atoms with Crippen molar-refractivity contribution >= 4 is 38.4 Å². The average molecular weight is 464 g/mol. The fraction of sp³-hybridized carbons (Fsp3) is 0.0714. The Bertz CT molecular complexity index is 1460. The van der Waals surface area contributed by atoms with Gasteiger partial charge in [-0.1, -0.05) is 72.0 Å². The molecule has 0 spiro atoms. The second kappa shape index (κ2) is 9.37. The maximum absolute atomic E-state index is 13.6. The second-order valence-corrected chi connectivity index (χ2v) is 8.95. The number of carbonyl (C=O) groups is 2. The molecule has 0 atom stereocenters. The van der Waals surface area contributed by atoms with Gasteiger partial charge in [-0.3, -0.25) is 19.5 Å². The van der Waals surface area contributed by atoms with Crippen LogP contribution in [0, 0.1) is 6.92 Å². The molecule has 34 heavy (non-hydrogen) atoms. The van der Waals surface area contributed by atoms with Gasteiger partial charge in [0, 0.05) is 29.1 Å². The zero-order valence-electron chi connectivity index (χ0n) is 18.5. The van der Waals surface area contributed by atoms with Crippen LogP contribution in [0.25, 0.3) is 10.2 Å². The molecule has 5 aromatic rings. The number of amides is 1. The highest BCUT2D eigenvalue weighted by atomic mass is 32.1. The molecule has 2 heterocycles. The van der Waals surface area contributed by atoms with E-state index in [1.807, 2.05) is 55.5 Å². The molecule has 0 bridgehead atoms. The molecule has 0 aliphatic carbocycles. The van der Waals surface area contributed by atoms with Crippen LogP contribution in [0.2, 0.25) is 0 Å². The zero-order valence-corrected chi connectivity index (χ0v) is 19.3. The van der Waals surface area contributed by atoms with E-state index in [2.05, 4.69) is 4.98 Å². The Labute approximate surface area is 201 Å². The molecule has 166 valence electrons. The molecule has 0 unspecified atom stereocenters. The highest BCUT2D eigenvalue weighted by Crippen LogP contribution is 2.32. The fourth-order valence-corrected chi connectivity index (χ4v) is 4.81. The molecule has 1 amide bonds. The van der Waals surface area contributed by atoms with E-state index in [0.717, 1.165) is 21.3 Å². The van der Waals surface area contributed by atoms with E-state index in [9.17, 15) is 9.59 Å². The van der Waals surface area contributed by atoms with Gasteiger partial charge in [0.25, 0.3) is 5.91 Å². The highest BCUT2D eigenvalue weighted by molar-refractivity contribution is 7.22. The van der Waals surface area contributed by atoms with Gasteiger partial charge in [0.05, 0.1) is 16.8 Å². The van der Waals surface area contributed by atoms with E-state index in [-0.39, 0.29) is 11.7 Å². The number of aryl methyl sites for hydroxylation is 1. The number of carbonyl (C=O) groups excluding carboxylic acids is 2. The van der Waals surface area contributed by atoms with Crippen LogP contribution >= 0.6 is 11.3 Å². The van der Waals surface area contributed by atoms with E-state index >= 15 is 0 Å². The fourth-order valence-electron chi connectivity index (χ4n) is 3.77. The summed E-state index contributed by atoms with van der Waals surface area (Å²) in [6.45, 7) is 2.36. The first-order chi connectivity index (χ1) is 16.6. The van der Waals surface area contributed by atoms with Crippen molar-refractivity contribution in [3.05, 3.63) is 125 Å². The smallest absolute Gasteiger partial charge is 0.260 e. The minimum absolute atomic E-state index is 0.0755. The monoisotopic (exact) mass is 463 g/mol. The molecule has 0 radical (unpaired) electrons. The van der Waals surface area contributed by atoms with Crippen molar-refractivity contribution in [1.82, 2.24) is 9.97 Å². The predicted molar refractivity (Wildman–Crippen MR) is 135 cm³/mol. The van der Waals surface area contributed by atoms with E-state index in [1.54, 1.807) is 53.7 Å². The lowest BCUT2D eigenvalue weighted by molar-refractivity contribution is 0.0982. The highest BCUT2D eigenvalue weighted by Gasteiger charge is 2.23. The number of ketones is 1. The predicted octanol–water partition coefficient (Wildman–Crippen LogP) is 6.08. The molecule has 0 aliphatic rings. The summed E-state index contributed by atoms with van der Waals surface area (Å²) in [5.41, 5.74) is 4.52. The maximum atomic E-state index is 13.6. The van der Waals surface area contributed by atoms with Crippen LogP contribution in [-0.2, 0) is 6.54 Å². The summed E-state index contributed by atoms with van der Waals surface area (Å²) in [5.74, 6) is -0.257. The van der Waals surface area contributed by atoms with Crippen molar-refractivity contribution < 1.29 is 9.59 Å². The first-order valence-electron chi connectivity index (χ1n) is 10.9. The number of anilines is 1. The number of thiazole rings is 1. The molecule has 6 heteroatoms.